The number of ether oxygens (including phenoxy) is 1. The fraction of sp³-hybridized carbons (Fsp3) is 0.800. The van der Waals surface area contributed by atoms with Crippen LogP contribution in [0.1, 0.15) is 44.9 Å². The number of carbonyl (C=O) groups is 1. The molecule has 0 aliphatic heterocycles. The highest BCUT2D eigenvalue weighted by molar-refractivity contribution is 5.95. The van der Waals surface area contributed by atoms with Crippen molar-refractivity contribution in [3.63, 3.8) is 0 Å². The Kier molecular flexibility index (Phi) is 3.23. The summed E-state index contributed by atoms with van der Waals surface area (Å²) in [6, 6.07) is 0. The first kappa shape index (κ1) is 12.9. The molecule has 4 saturated carbocycles. The predicted octanol–water partition coefficient (Wildman–Crippen LogP) is 2.20. The summed E-state index contributed by atoms with van der Waals surface area (Å²) in [6.07, 6.45) is 7.64. The van der Waals surface area contributed by atoms with E-state index in [1.165, 1.54) is 25.2 Å². The molecule has 4 heteroatoms. The molecular weight excluding hydrogens is 244 g/mol. The molecule has 0 atom stereocenters. The second-order valence-corrected chi connectivity index (χ2v) is 6.58. The van der Waals surface area contributed by atoms with Gasteiger partial charge in [-0.05, 0) is 56.3 Å². The molecule has 0 aromatic rings. The minimum Gasteiger partial charge on any atom is -0.477 e. The Bertz CT molecular complexity index is 398. The van der Waals surface area contributed by atoms with Gasteiger partial charge in [0, 0.05) is 6.42 Å². The van der Waals surface area contributed by atoms with Gasteiger partial charge in [-0.2, -0.15) is 0 Å². The summed E-state index contributed by atoms with van der Waals surface area (Å²) >= 11 is 0. The van der Waals surface area contributed by atoms with E-state index >= 15 is 0 Å². The molecule has 0 radical (unpaired) electrons. The van der Waals surface area contributed by atoms with E-state index in [1.807, 2.05) is 0 Å². The smallest absolute Gasteiger partial charge is 0.342 e. The maximum atomic E-state index is 10.7. The molecule has 104 valence electrons. The highest BCUT2D eigenvalue weighted by atomic mass is 16.5. The Labute approximate surface area is 112 Å². The van der Waals surface area contributed by atoms with Gasteiger partial charge in [-0.3, -0.25) is 0 Å². The molecule has 0 saturated heterocycles. The topological polar surface area (TPSA) is 63.6 Å². The molecule has 0 heterocycles. The zero-order valence-electron chi connectivity index (χ0n) is 11.1. The van der Waals surface area contributed by atoms with E-state index in [0.29, 0.717) is 6.61 Å². The summed E-state index contributed by atoms with van der Waals surface area (Å²) in [5, 5.41) is 8.78. The van der Waals surface area contributed by atoms with Crippen LogP contribution >= 0.6 is 0 Å². The Morgan fingerprint density at radius 1 is 1.16 bits per heavy atom. The van der Waals surface area contributed by atoms with Crippen LogP contribution < -0.4 is 0 Å². The number of hydrogen-bond donors (Lipinski definition) is 1. The van der Waals surface area contributed by atoms with Gasteiger partial charge in [-0.15, -0.1) is 0 Å². The van der Waals surface area contributed by atoms with Gasteiger partial charge in [-0.1, -0.05) is 0 Å². The second-order valence-electron chi connectivity index (χ2n) is 6.58. The van der Waals surface area contributed by atoms with Crippen molar-refractivity contribution in [3.8, 4) is 0 Å². The molecule has 0 aromatic heterocycles. The van der Waals surface area contributed by atoms with E-state index in [2.05, 4.69) is 0 Å². The van der Waals surface area contributed by atoms with Crippen molar-refractivity contribution in [3.05, 3.63) is 5.57 Å². The van der Waals surface area contributed by atoms with Gasteiger partial charge in [-0.25, -0.2) is 9.59 Å². The Morgan fingerprint density at radius 3 is 2.11 bits per heavy atom. The summed E-state index contributed by atoms with van der Waals surface area (Å²) in [7, 11) is 0. The van der Waals surface area contributed by atoms with Crippen molar-refractivity contribution >= 4 is 11.9 Å². The highest BCUT2D eigenvalue weighted by Crippen LogP contribution is 2.57. The van der Waals surface area contributed by atoms with Crippen molar-refractivity contribution in [1.29, 1.82) is 0 Å². The molecule has 1 N–H and O–H groups in total. The van der Waals surface area contributed by atoms with Crippen LogP contribution in [-0.2, 0) is 14.3 Å². The molecular formula is C15H20O4. The van der Waals surface area contributed by atoms with Crippen LogP contribution in [0.15, 0.2) is 5.57 Å². The summed E-state index contributed by atoms with van der Waals surface area (Å²) < 4.78 is 6.06. The van der Waals surface area contributed by atoms with Crippen molar-refractivity contribution in [2.45, 2.75) is 50.5 Å². The summed E-state index contributed by atoms with van der Waals surface area (Å²) in [6.45, 7) is 0.336. The maximum Gasteiger partial charge on any atom is 0.342 e. The lowest BCUT2D eigenvalue weighted by Gasteiger charge is -2.56. The van der Waals surface area contributed by atoms with Crippen LogP contribution in [0, 0.1) is 17.8 Å². The van der Waals surface area contributed by atoms with Crippen molar-refractivity contribution in [1.82, 2.24) is 0 Å². The fourth-order valence-electron chi connectivity index (χ4n) is 4.78. The molecule has 4 fully saturated rings. The number of carbonyl (C=O) groups excluding carboxylic acids is 1. The monoisotopic (exact) mass is 264 g/mol. The summed E-state index contributed by atoms with van der Waals surface area (Å²) in [5.74, 6) is 2.76. The van der Waals surface area contributed by atoms with Gasteiger partial charge >= 0.3 is 5.97 Å². The molecule has 4 rings (SSSR count). The number of hydrogen-bond acceptors (Lipinski definition) is 3. The Morgan fingerprint density at radius 2 is 1.68 bits per heavy atom. The third-order valence-corrected chi connectivity index (χ3v) is 5.12. The van der Waals surface area contributed by atoms with Gasteiger partial charge in [0.1, 0.15) is 11.5 Å². The zero-order chi connectivity index (χ0) is 13.5. The molecule has 19 heavy (non-hydrogen) atoms. The first-order chi connectivity index (χ1) is 9.10. The quantitative estimate of drug-likeness (QED) is 0.611. The van der Waals surface area contributed by atoms with Gasteiger partial charge in [0.2, 0.25) is 0 Å². The van der Waals surface area contributed by atoms with E-state index in [9.17, 15) is 9.59 Å². The predicted molar refractivity (Wildman–Crippen MR) is 68.3 cm³/mol. The van der Waals surface area contributed by atoms with Crippen molar-refractivity contribution in [2.24, 2.45) is 17.8 Å². The third-order valence-electron chi connectivity index (χ3n) is 5.12. The molecule has 0 spiro atoms. The van der Waals surface area contributed by atoms with E-state index in [1.54, 1.807) is 0 Å². The minimum atomic E-state index is -1.18. The Hall–Kier alpha value is -1.12. The lowest BCUT2D eigenvalue weighted by Crippen LogP contribution is -2.52. The molecule has 0 amide bonds. The van der Waals surface area contributed by atoms with E-state index in [0.717, 1.165) is 37.0 Å². The van der Waals surface area contributed by atoms with Gasteiger partial charge in [0.05, 0.1) is 12.2 Å². The zero-order valence-corrected chi connectivity index (χ0v) is 11.1. The van der Waals surface area contributed by atoms with Gasteiger partial charge in [0.25, 0.3) is 0 Å². The van der Waals surface area contributed by atoms with Crippen molar-refractivity contribution < 1.29 is 19.4 Å². The molecule has 4 aliphatic rings. The standard InChI is InChI=1S/C15H20O4/c16-9-13(14(17)18)1-2-19-15-6-10-3-11(7-15)5-12(4-10)8-15/h10-12H,1-8H2,(H,17,18). The Balaban J connectivity index is 1.58. The average Bonchev–Trinajstić information content (AvgIpc) is 2.32. The van der Waals surface area contributed by atoms with Crippen LogP contribution in [0.2, 0.25) is 0 Å². The third kappa shape index (κ3) is 2.47. The van der Waals surface area contributed by atoms with E-state index in [4.69, 9.17) is 9.84 Å². The lowest BCUT2D eigenvalue weighted by molar-refractivity contribution is -0.162. The van der Waals surface area contributed by atoms with Gasteiger partial charge in [0.15, 0.2) is 0 Å². The summed E-state index contributed by atoms with van der Waals surface area (Å²) in [4.78, 5) is 21.2. The first-order valence-corrected chi connectivity index (χ1v) is 7.21. The number of carboxylic acid groups (broad SMARTS) is 1. The van der Waals surface area contributed by atoms with E-state index < -0.39 is 5.97 Å². The lowest BCUT2D eigenvalue weighted by atomic mass is 9.54. The van der Waals surface area contributed by atoms with Crippen LogP contribution in [0.25, 0.3) is 0 Å². The SMILES string of the molecule is O=C=C(CCOC12CC3CC(CC(C3)C1)C2)C(=O)O. The number of carboxylic acids is 1. The summed E-state index contributed by atoms with van der Waals surface area (Å²) in [5.41, 5.74) is -0.217. The highest BCUT2D eigenvalue weighted by Gasteiger charge is 2.51. The fourth-order valence-corrected chi connectivity index (χ4v) is 4.78. The molecule has 4 bridgehead atoms. The van der Waals surface area contributed by atoms with E-state index in [-0.39, 0.29) is 17.6 Å². The number of aliphatic carboxylic acids is 1. The normalized spacial score (nSPS) is 39.1. The maximum absolute atomic E-state index is 10.7. The molecule has 0 unspecified atom stereocenters. The largest absolute Gasteiger partial charge is 0.477 e. The first-order valence-electron chi connectivity index (χ1n) is 7.21. The van der Waals surface area contributed by atoms with Crippen LogP contribution in [0.4, 0.5) is 0 Å². The van der Waals surface area contributed by atoms with Crippen molar-refractivity contribution in [2.75, 3.05) is 6.61 Å². The van der Waals surface area contributed by atoms with Gasteiger partial charge < -0.3 is 9.84 Å². The van der Waals surface area contributed by atoms with Crippen LogP contribution in [0.5, 0.6) is 0 Å². The second kappa shape index (κ2) is 4.77. The average molecular weight is 264 g/mol. The molecule has 0 aromatic carbocycles. The molecule has 4 nitrogen and oxygen atoms in total. The number of rotatable bonds is 5. The minimum absolute atomic E-state index is 0.0127. The van der Waals surface area contributed by atoms with Crippen LogP contribution in [0.3, 0.4) is 0 Å². The van der Waals surface area contributed by atoms with Crippen LogP contribution in [-0.4, -0.2) is 29.2 Å². The molecule has 4 aliphatic carbocycles.